The summed E-state index contributed by atoms with van der Waals surface area (Å²) in [6, 6.07) is 7.86. The van der Waals surface area contributed by atoms with Crippen LogP contribution in [0.4, 0.5) is 18.9 Å². The number of alkyl halides is 3. The SMILES string of the molecule is Cn1c(=O)c(-c2c(Cl)ccc(NC(=O)c3ccnc(C(F)(F)F)c3)c2Cl)cc2cnccc21. The van der Waals surface area contributed by atoms with Gasteiger partial charge in [0.2, 0.25) is 0 Å². The fourth-order valence-corrected chi connectivity index (χ4v) is 3.94. The summed E-state index contributed by atoms with van der Waals surface area (Å²) < 4.78 is 40.2. The fourth-order valence-electron chi connectivity index (χ4n) is 3.32. The molecule has 3 heterocycles. The maximum Gasteiger partial charge on any atom is 0.433 e. The number of nitrogens with zero attached hydrogens (tertiary/aromatic N) is 3. The average molecular weight is 493 g/mol. The molecule has 1 N–H and O–H groups in total. The van der Waals surface area contributed by atoms with Gasteiger partial charge in [-0.05, 0) is 36.4 Å². The molecule has 1 aromatic carbocycles. The summed E-state index contributed by atoms with van der Waals surface area (Å²) in [5.41, 5.74) is -0.789. The van der Waals surface area contributed by atoms with Gasteiger partial charge in [0.1, 0.15) is 5.69 Å². The van der Waals surface area contributed by atoms with E-state index < -0.39 is 17.8 Å². The molecule has 0 unspecified atom stereocenters. The first-order chi connectivity index (χ1) is 15.6. The molecule has 0 aliphatic heterocycles. The number of pyridine rings is 3. The largest absolute Gasteiger partial charge is 0.433 e. The van der Waals surface area contributed by atoms with E-state index in [0.717, 1.165) is 12.3 Å². The monoisotopic (exact) mass is 492 g/mol. The molecule has 4 rings (SSSR count). The first-order valence-corrected chi connectivity index (χ1v) is 10.1. The Hall–Kier alpha value is -3.43. The number of aryl methyl sites for hydroxylation is 1. The standard InChI is InChI=1S/C22H13Cl2F3N4O2/c1-31-16-5-6-28-10-12(16)8-13(21(31)33)18-14(23)2-3-15(19(18)24)30-20(32)11-4-7-29-17(9-11)22(25,26)27/h2-10H,1H3,(H,30,32). The summed E-state index contributed by atoms with van der Waals surface area (Å²) in [5.74, 6) is -0.839. The van der Waals surface area contributed by atoms with Gasteiger partial charge in [-0.1, -0.05) is 23.2 Å². The van der Waals surface area contributed by atoms with Gasteiger partial charge >= 0.3 is 6.18 Å². The lowest BCUT2D eigenvalue weighted by atomic mass is 10.0. The smallest absolute Gasteiger partial charge is 0.321 e. The van der Waals surface area contributed by atoms with E-state index in [1.165, 1.54) is 16.7 Å². The third kappa shape index (κ3) is 4.29. The van der Waals surface area contributed by atoms with E-state index in [9.17, 15) is 22.8 Å². The van der Waals surface area contributed by atoms with Crippen molar-refractivity contribution in [3.05, 3.63) is 86.6 Å². The number of rotatable bonds is 3. The van der Waals surface area contributed by atoms with Crippen LogP contribution in [-0.2, 0) is 13.2 Å². The van der Waals surface area contributed by atoms with Gasteiger partial charge in [0.15, 0.2) is 0 Å². The van der Waals surface area contributed by atoms with Gasteiger partial charge in [-0.25, -0.2) is 0 Å². The van der Waals surface area contributed by atoms with Gasteiger partial charge in [0.05, 0.1) is 26.8 Å². The first kappa shape index (κ1) is 22.8. The molecule has 0 radical (unpaired) electrons. The maximum atomic E-state index is 13.0. The van der Waals surface area contributed by atoms with Crippen molar-refractivity contribution in [3.8, 4) is 11.1 Å². The molecule has 3 aromatic heterocycles. The summed E-state index contributed by atoms with van der Waals surface area (Å²) in [6.45, 7) is 0. The molecule has 1 amide bonds. The number of amides is 1. The zero-order valence-corrected chi connectivity index (χ0v) is 18.3. The second kappa shape index (κ2) is 8.49. The van der Waals surface area contributed by atoms with Crippen LogP contribution in [0.1, 0.15) is 16.1 Å². The molecule has 0 bridgehead atoms. The summed E-state index contributed by atoms with van der Waals surface area (Å²) in [4.78, 5) is 32.9. The number of carbonyl (C=O) groups is 1. The number of halogens is 5. The molecule has 0 spiro atoms. The van der Waals surface area contributed by atoms with Gasteiger partial charge in [0.25, 0.3) is 11.5 Å². The van der Waals surface area contributed by atoms with Crippen LogP contribution in [0.2, 0.25) is 10.0 Å². The Bertz CT molecular complexity index is 1470. The molecular formula is C22H13Cl2F3N4O2. The molecule has 4 aromatic rings. The van der Waals surface area contributed by atoms with Crippen molar-refractivity contribution < 1.29 is 18.0 Å². The predicted molar refractivity (Wildman–Crippen MR) is 120 cm³/mol. The van der Waals surface area contributed by atoms with Gasteiger partial charge in [-0.15, -0.1) is 0 Å². The van der Waals surface area contributed by atoms with Crippen LogP contribution in [0.25, 0.3) is 22.0 Å². The van der Waals surface area contributed by atoms with Crippen molar-refractivity contribution in [2.45, 2.75) is 6.18 Å². The number of carbonyl (C=O) groups excluding carboxylic acids is 1. The van der Waals surface area contributed by atoms with Crippen LogP contribution in [0, 0.1) is 0 Å². The number of hydrogen-bond donors (Lipinski definition) is 1. The highest BCUT2D eigenvalue weighted by molar-refractivity contribution is 6.41. The van der Waals surface area contributed by atoms with E-state index >= 15 is 0 Å². The average Bonchev–Trinajstić information content (AvgIpc) is 2.78. The van der Waals surface area contributed by atoms with Crippen LogP contribution >= 0.6 is 23.2 Å². The minimum atomic E-state index is -4.70. The molecule has 0 aliphatic rings. The van der Waals surface area contributed by atoms with E-state index in [-0.39, 0.29) is 38.0 Å². The summed E-state index contributed by atoms with van der Waals surface area (Å²) >= 11 is 12.8. The molecule has 0 atom stereocenters. The van der Waals surface area contributed by atoms with E-state index in [2.05, 4.69) is 15.3 Å². The molecule has 168 valence electrons. The van der Waals surface area contributed by atoms with Crippen molar-refractivity contribution in [2.75, 3.05) is 5.32 Å². The number of anilines is 1. The van der Waals surface area contributed by atoms with Crippen molar-refractivity contribution in [1.82, 2.24) is 14.5 Å². The molecule has 0 fully saturated rings. The van der Waals surface area contributed by atoms with Crippen molar-refractivity contribution >= 4 is 45.7 Å². The Kier molecular flexibility index (Phi) is 5.85. The molecule has 11 heteroatoms. The van der Waals surface area contributed by atoms with Crippen LogP contribution < -0.4 is 10.9 Å². The lowest BCUT2D eigenvalue weighted by Gasteiger charge is -2.15. The second-order valence-corrected chi connectivity index (χ2v) is 7.81. The summed E-state index contributed by atoms with van der Waals surface area (Å²) in [7, 11) is 1.59. The Morgan fingerprint density at radius 2 is 1.85 bits per heavy atom. The fraction of sp³-hybridized carbons (Fsp3) is 0.0909. The molecule has 0 saturated carbocycles. The number of fused-ring (bicyclic) bond motifs is 1. The van der Waals surface area contributed by atoms with Crippen LogP contribution in [-0.4, -0.2) is 20.4 Å². The summed E-state index contributed by atoms with van der Waals surface area (Å²) in [5, 5.41) is 3.24. The molecule has 6 nitrogen and oxygen atoms in total. The van der Waals surface area contributed by atoms with Crippen LogP contribution in [0.15, 0.2) is 59.8 Å². The zero-order valence-electron chi connectivity index (χ0n) is 16.7. The predicted octanol–water partition coefficient (Wildman–Crippen LogP) is 5.57. The van der Waals surface area contributed by atoms with Gasteiger partial charge in [0, 0.05) is 42.2 Å². The van der Waals surface area contributed by atoms with E-state index in [4.69, 9.17) is 23.2 Å². The second-order valence-electron chi connectivity index (χ2n) is 7.02. The highest BCUT2D eigenvalue weighted by Crippen LogP contribution is 2.39. The molecule has 0 saturated heterocycles. The quantitative estimate of drug-likeness (QED) is 0.405. The highest BCUT2D eigenvalue weighted by Gasteiger charge is 2.33. The third-order valence-corrected chi connectivity index (χ3v) is 5.65. The Labute approximate surface area is 194 Å². The van der Waals surface area contributed by atoms with Crippen molar-refractivity contribution in [2.24, 2.45) is 7.05 Å². The van der Waals surface area contributed by atoms with Gasteiger partial charge in [-0.3, -0.25) is 19.6 Å². The van der Waals surface area contributed by atoms with Gasteiger partial charge < -0.3 is 9.88 Å². The van der Waals surface area contributed by atoms with E-state index in [1.807, 2.05) is 0 Å². The highest BCUT2D eigenvalue weighted by atomic mass is 35.5. The van der Waals surface area contributed by atoms with Crippen molar-refractivity contribution in [1.29, 1.82) is 0 Å². The Morgan fingerprint density at radius 1 is 1.09 bits per heavy atom. The molecular weight excluding hydrogens is 480 g/mol. The first-order valence-electron chi connectivity index (χ1n) is 9.34. The number of hydrogen-bond acceptors (Lipinski definition) is 4. The Morgan fingerprint density at radius 3 is 2.58 bits per heavy atom. The number of aromatic nitrogens is 3. The van der Waals surface area contributed by atoms with Crippen molar-refractivity contribution in [3.63, 3.8) is 0 Å². The lowest BCUT2D eigenvalue weighted by molar-refractivity contribution is -0.141. The minimum absolute atomic E-state index is 0.0405. The number of benzene rings is 1. The molecule has 33 heavy (non-hydrogen) atoms. The topological polar surface area (TPSA) is 76.9 Å². The van der Waals surface area contributed by atoms with E-state index in [0.29, 0.717) is 17.0 Å². The maximum absolute atomic E-state index is 13.0. The molecule has 0 aliphatic carbocycles. The van der Waals surface area contributed by atoms with Gasteiger partial charge in [-0.2, -0.15) is 13.2 Å². The van der Waals surface area contributed by atoms with Crippen LogP contribution in [0.5, 0.6) is 0 Å². The lowest BCUT2D eigenvalue weighted by Crippen LogP contribution is -2.19. The minimum Gasteiger partial charge on any atom is -0.321 e. The third-order valence-electron chi connectivity index (χ3n) is 4.95. The Balaban J connectivity index is 1.78. The van der Waals surface area contributed by atoms with E-state index in [1.54, 1.807) is 31.6 Å². The van der Waals surface area contributed by atoms with Crippen LogP contribution in [0.3, 0.4) is 0 Å². The summed E-state index contributed by atoms with van der Waals surface area (Å²) in [6.07, 6.45) is -0.680. The zero-order chi connectivity index (χ0) is 23.9. The normalized spacial score (nSPS) is 11.6. The number of nitrogens with one attached hydrogen (secondary N) is 1.